The molecule has 1 amide bonds. The number of benzene rings is 1. The largest absolute Gasteiger partial charge is 0.369 e. The number of carbonyl (C=O) groups is 1. The van der Waals surface area contributed by atoms with E-state index in [9.17, 15) is 9.59 Å². The zero-order chi connectivity index (χ0) is 17.8. The number of nitrogens with one attached hydrogen (secondary N) is 1. The molecule has 0 spiro atoms. The van der Waals surface area contributed by atoms with Gasteiger partial charge >= 0.3 is 0 Å². The minimum absolute atomic E-state index is 0.0291. The molecule has 2 heterocycles. The summed E-state index contributed by atoms with van der Waals surface area (Å²) in [5.74, 6) is -0.0709. The Labute approximate surface area is 151 Å². The van der Waals surface area contributed by atoms with Crippen molar-refractivity contribution in [3.05, 3.63) is 57.5 Å². The van der Waals surface area contributed by atoms with Crippen LogP contribution < -0.4 is 15.8 Å². The van der Waals surface area contributed by atoms with E-state index < -0.39 is 0 Å². The number of aromatic nitrogens is 2. The smallest absolute Gasteiger partial charge is 0.268 e. The molecule has 0 bridgehead atoms. The Morgan fingerprint density at radius 1 is 1.40 bits per heavy atom. The van der Waals surface area contributed by atoms with Gasteiger partial charge < -0.3 is 10.2 Å². The van der Waals surface area contributed by atoms with Gasteiger partial charge in [-0.2, -0.15) is 5.10 Å². The predicted octanol–water partition coefficient (Wildman–Crippen LogP) is 1.97. The maximum absolute atomic E-state index is 12.5. The average molecular weight is 361 g/mol. The lowest BCUT2D eigenvalue weighted by molar-refractivity contribution is -0.125. The topological polar surface area (TPSA) is 67.2 Å². The summed E-state index contributed by atoms with van der Waals surface area (Å²) in [5.41, 5.74) is 1.60. The van der Waals surface area contributed by atoms with Crippen molar-refractivity contribution in [3.8, 4) is 0 Å². The third kappa shape index (κ3) is 4.39. The number of carbonyl (C=O) groups excluding carboxylic acids is 1. The molecule has 2 aromatic rings. The van der Waals surface area contributed by atoms with Gasteiger partial charge in [-0.05, 0) is 30.5 Å². The van der Waals surface area contributed by atoms with Crippen LogP contribution in [0.5, 0.6) is 0 Å². The van der Waals surface area contributed by atoms with Crippen LogP contribution in [-0.2, 0) is 18.4 Å². The van der Waals surface area contributed by atoms with Gasteiger partial charge in [-0.15, -0.1) is 0 Å². The van der Waals surface area contributed by atoms with Gasteiger partial charge in [-0.25, -0.2) is 4.68 Å². The number of hydrogen-bond acceptors (Lipinski definition) is 4. The van der Waals surface area contributed by atoms with Gasteiger partial charge in [0, 0.05) is 37.8 Å². The van der Waals surface area contributed by atoms with Crippen molar-refractivity contribution in [2.75, 3.05) is 18.0 Å². The fourth-order valence-corrected chi connectivity index (χ4v) is 3.25. The summed E-state index contributed by atoms with van der Waals surface area (Å²) >= 11 is 5.97. The Hall–Kier alpha value is -2.34. The van der Waals surface area contributed by atoms with Crippen molar-refractivity contribution in [2.24, 2.45) is 13.0 Å². The summed E-state index contributed by atoms with van der Waals surface area (Å²) in [6.45, 7) is 1.88. The van der Waals surface area contributed by atoms with E-state index in [1.54, 1.807) is 19.3 Å². The van der Waals surface area contributed by atoms with Gasteiger partial charge in [0.1, 0.15) is 0 Å². The molecule has 1 N–H and O–H groups in total. The molecule has 1 aliphatic rings. The first kappa shape index (κ1) is 17.5. The van der Waals surface area contributed by atoms with Gasteiger partial charge in [0.05, 0.1) is 17.8 Å². The van der Waals surface area contributed by atoms with Gasteiger partial charge in [0.25, 0.3) is 5.56 Å². The van der Waals surface area contributed by atoms with E-state index in [0.29, 0.717) is 18.1 Å². The van der Waals surface area contributed by atoms with Gasteiger partial charge in [-0.1, -0.05) is 23.7 Å². The molecular weight excluding hydrogens is 340 g/mol. The van der Waals surface area contributed by atoms with E-state index in [-0.39, 0.29) is 17.4 Å². The third-order valence-corrected chi connectivity index (χ3v) is 4.70. The molecule has 25 heavy (non-hydrogen) atoms. The number of nitrogens with zero attached hydrogens (tertiary/aromatic N) is 3. The molecule has 132 valence electrons. The summed E-state index contributed by atoms with van der Waals surface area (Å²) in [4.78, 5) is 26.3. The molecule has 1 fully saturated rings. The van der Waals surface area contributed by atoms with E-state index in [0.717, 1.165) is 30.6 Å². The second-order valence-corrected chi connectivity index (χ2v) is 6.74. The number of aryl methyl sites for hydroxylation is 1. The highest BCUT2D eigenvalue weighted by molar-refractivity contribution is 6.30. The molecule has 1 aliphatic heterocycles. The molecule has 0 aliphatic carbocycles. The normalized spacial score (nSPS) is 17.4. The summed E-state index contributed by atoms with van der Waals surface area (Å²) in [7, 11) is 1.62. The number of halogens is 1. The standard InChI is InChI=1S/C18H21ClN4O2/c1-22-17(24)9-16(11-21-22)23-7-3-5-14(12-23)18(25)20-10-13-4-2-6-15(19)8-13/h2,4,6,8-9,11,14H,3,5,7,10,12H2,1H3,(H,20,25)/t14-/m1/s1. The molecule has 1 atom stereocenters. The molecule has 0 radical (unpaired) electrons. The quantitative estimate of drug-likeness (QED) is 0.905. The van der Waals surface area contributed by atoms with Crippen molar-refractivity contribution in [3.63, 3.8) is 0 Å². The zero-order valence-electron chi connectivity index (χ0n) is 14.1. The van der Waals surface area contributed by atoms with Crippen molar-refractivity contribution in [1.82, 2.24) is 15.1 Å². The Morgan fingerprint density at radius 2 is 2.24 bits per heavy atom. The summed E-state index contributed by atoms with van der Waals surface area (Å²) in [6.07, 6.45) is 3.42. The Balaban J connectivity index is 1.61. The van der Waals surface area contributed by atoms with E-state index in [4.69, 9.17) is 11.6 Å². The lowest BCUT2D eigenvalue weighted by Gasteiger charge is -2.33. The van der Waals surface area contributed by atoms with Crippen LogP contribution >= 0.6 is 11.6 Å². The van der Waals surface area contributed by atoms with E-state index in [2.05, 4.69) is 15.3 Å². The summed E-state index contributed by atoms with van der Waals surface area (Å²) in [5, 5.41) is 7.70. The van der Waals surface area contributed by atoms with E-state index in [1.807, 2.05) is 24.3 Å². The molecular formula is C18H21ClN4O2. The van der Waals surface area contributed by atoms with Crippen LogP contribution in [0.3, 0.4) is 0 Å². The second kappa shape index (κ2) is 7.70. The van der Waals surface area contributed by atoms with Crippen molar-refractivity contribution in [1.29, 1.82) is 0 Å². The maximum Gasteiger partial charge on any atom is 0.268 e. The fourth-order valence-electron chi connectivity index (χ4n) is 3.04. The van der Waals surface area contributed by atoms with Gasteiger partial charge in [-0.3, -0.25) is 9.59 Å². The van der Waals surface area contributed by atoms with Crippen molar-refractivity contribution < 1.29 is 4.79 Å². The lowest BCUT2D eigenvalue weighted by Crippen LogP contribution is -2.43. The number of piperidine rings is 1. The van der Waals surface area contributed by atoms with Crippen molar-refractivity contribution in [2.45, 2.75) is 19.4 Å². The van der Waals surface area contributed by atoms with Crippen LogP contribution in [0, 0.1) is 5.92 Å². The number of rotatable bonds is 4. The number of amides is 1. The first-order valence-electron chi connectivity index (χ1n) is 8.33. The maximum atomic E-state index is 12.5. The zero-order valence-corrected chi connectivity index (χ0v) is 14.9. The average Bonchev–Trinajstić information content (AvgIpc) is 2.62. The number of anilines is 1. The first-order chi connectivity index (χ1) is 12.0. The van der Waals surface area contributed by atoms with Crippen molar-refractivity contribution >= 4 is 23.2 Å². The molecule has 6 nitrogen and oxygen atoms in total. The summed E-state index contributed by atoms with van der Waals surface area (Å²) < 4.78 is 1.29. The monoisotopic (exact) mass is 360 g/mol. The van der Waals surface area contributed by atoms with E-state index >= 15 is 0 Å². The summed E-state index contributed by atoms with van der Waals surface area (Å²) in [6, 6.07) is 9.03. The minimum atomic E-state index is -0.148. The molecule has 7 heteroatoms. The van der Waals surface area contributed by atoms with E-state index in [1.165, 1.54) is 4.68 Å². The van der Waals surface area contributed by atoms with Gasteiger partial charge in [0.15, 0.2) is 0 Å². The second-order valence-electron chi connectivity index (χ2n) is 6.31. The van der Waals surface area contributed by atoms with Crippen LogP contribution in [0.4, 0.5) is 5.69 Å². The van der Waals surface area contributed by atoms with Crippen LogP contribution in [0.2, 0.25) is 5.02 Å². The molecule has 3 rings (SSSR count). The molecule has 0 unspecified atom stereocenters. The first-order valence-corrected chi connectivity index (χ1v) is 8.71. The molecule has 1 saturated heterocycles. The highest BCUT2D eigenvalue weighted by Crippen LogP contribution is 2.22. The Morgan fingerprint density at radius 3 is 3.00 bits per heavy atom. The molecule has 1 aromatic carbocycles. The number of hydrogen-bond donors (Lipinski definition) is 1. The van der Waals surface area contributed by atoms with Crippen LogP contribution in [0.1, 0.15) is 18.4 Å². The predicted molar refractivity (Wildman–Crippen MR) is 97.7 cm³/mol. The van der Waals surface area contributed by atoms with Crippen LogP contribution in [0.25, 0.3) is 0 Å². The van der Waals surface area contributed by atoms with Crippen LogP contribution in [-0.4, -0.2) is 28.8 Å². The van der Waals surface area contributed by atoms with Gasteiger partial charge in [0.2, 0.25) is 5.91 Å². The highest BCUT2D eigenvalue weighted by atomic mass is 35.5. The Bertz CT molecular complexity index is 821. The fraction of sp³-hybridized carbons (Fsp3) is 0.389. The SMILES string of the molecule is Cn1ncc(N2CCC[C@@H](C(=O)NCc3cccc(Cl)c3)C2)cc1=O. The molecule has 0 saturated carbocycles. The van der Waals surface area contributed by atoms with Crippen LogP contribution in [0.15, 0.2) is 41.3 Å². The highest BCUT2D eigenvalue weighted by Gasteiger charge is 2.26. The minimum Gasteiger partial charge on any atom is -0.369 e. The third-order valence-electron chi connectivity index (χ3n) is 4.47. The molecule has 1 aromatic heterocycles. The lowest BCUT2D eigenvalue weighted by atomic mass is 9.96. The Kier molecular flexibility index (Phi) is 5.38.